The lowest BCUT2D eigenvalue weighted by atomic mass is 10.1. The summed E-state index contributed by atoms with van der Waals surface area (Å²) in [6.45, 7) is 0.516. The summed E-state index contributed by atoms with van der Waals surface area (Å²) in [4.78, 5) is 16.7. The van der Waals surface area contributed by atoms with Crippen LogP contribution in [0.3, 0.4) is 0 Å². The van der Waals surface area contributed by atoms with E-state index in [4.69, 9.17) is 4.84 Å². The van der Waals surface area contributed by atoms with Crippen molar-refractivity contribution in [3.8, 4) is 5.75 Å². The molecule has 1 aromatic carbocycles. The molecule has 0 radical (unpaired) electrons. The molecule has 1 aliphatic heterocycles. The van der Waals surface area contributed by atoms with E-state index in [1.54, 1.807) is 18.2 Å². The van der Waals surface area contributed by atoms with Crippen LogP contribution in [0.2, 0.25) is 0 Å². The maximum absolute atomic E-state index is 11.8. The Hall–Kier alpha value is -1.49. The number of phenolic OH excluding ortho intramolecular Hbond substituents is 1. The summed E-state index contributed by atoms with van der Waals surface area (Å²) in [5.41, 5.74) is 0.259. The van der Waals surface area contributed by atoms with Gasteiger partial charge in [0, 0.05) is 5.75 Å². The molecule has 0 spiro atoms. The van der Waals surface area contributed by atoms with Crippen LogP contribution >= 0.6 is 11.8 Å². The number of hydrogen-bond donors (Lipinski definition) is 1. The van der Waals surface area contributed by atoms with Gasteiger partial charge in [-0.05, 0) is 12.1 Å². The van der Waals surface area contributed by atoms with Crippen LogP contribution in [0.4, 0.5) is 0 Å². The number of Topliss-reactive ketones (excluding diaryl/α,β-unsaturated/α-hetero) is 1. The fourth-order valence-electron chi connectivity index (χ4n) is 1.19. The van der Waals surface area contributed by atoms with Gasteiger partial charge in [-0.25, -0.2) is 0 Å². The van der Waals surface area contributed by atoms with Crippen molar-refractivity contribution >= 4 is 22.6 Å². The predicted octanol–water partition coefficient (Wildman–Crippen LogP) is 1.65. The number of aromatic hydroxyl groups is 1. The maximum atomic E-state index is 11.8. The summed E-state index contributed by atoms with van der Waals surface area (Å²) in [6.07, 6.45) is 0. The van der Waals surface area contributed by atoms with Gasteiger partial charge in [0.1, 0.15) is 12.4 Å². The second kappa shape index (κ2) is 4.35. The second-order valence-corrected chi connectivity index (χ2v) is 4.01. The molecule has 1 aromatic rings. The van der Waals surface area contributed by atoms with Crippen LogP contribution in [-0.4, -0.2) is 28.3 Å². The molecule has 0 fully saturated rings. The fourth-order valence-corrected chi connectivity index (χ4v) is 1.89. The van der Waals surface area contributed by atoms with Crippen LogP contribution in [-0.2, 0) is 4.84 Å². The number of phenols is 1. The molecule has 0 bridgehead atoms. The molecule has 0 aliphatic carbocycles. The van der Waals surface area contributed by atoms with Crippen LogP contribution in [0.15, 0.2) is 29.4 Å². The lowest BCUT2D eigenvalue weighted by Gasteiger charge is -2.10. The Bertz CT molecular complexity index is 417. The number of para-hydroxylation sites is 1. The van der Waals surface area contributed by atoms with Crippen molar-refractivity contribution in [2.24, 2.45) is 5.16 Å². The molecule has 2 rings (SSSR count). The quantitative estimate of drug-likeness (QED) is 0.774. The third-order valence-electron chi connectivity index (χ3n) is 1.90. The highest BCUT2D eigenvalue weighted by atomic mass is 32.2. The number of hydrogen-bond acceptors (Lipinski definition) is 5. The molecule has 0 unspecified atom stereocenters. The Morgan fingerprint density at radius 2 is 2.27 bits per heavy atom. The minimum Gasteiger partial charge on any atom is -0.507 e. The zero-order chi connectivity index (χ0) is 10.7. The van der Waals surface area contributed by atoms with E-state index in [1.165, 1.54) is 17.8 Å². The van der Waals surface area contributed by atoms with Gasteiger partial charge in [-0.1, -0.05) is 29.1 Å². The molecule has 5 heteroatoms. The molecule has 0 aromatic heterocycles. The zero-order valence-corrected chi connectivity index (χ0v) is 8.66. The SMILES string of the molecule is O=C(C1=NOCCS1)c1ccccc1O. The molecule has 0 atom stereocenters. The van der Waals surface area contributed by atoms with Crippen molar-refractivity contribution in [2.45, 2.75) is 0 Å². The summed E-state index contributed by atoms with van der Waals surface area (Å²) in [5.74, 6) is 0.382. The average Bonchev–Trinajstić information content (AvgIpc) is 2.30. The molecule has 0 saturated heterocycles. The summed E-state index contributed by atoms with van der Waals surface area (Å²) in [6, 6.07) is 6.40. The number of benzene rings is 1. The Morgan fingerprint density at radius 3 is 2.93 bits per heavy atom. The van der Waals surface area contributed by atoms with Gasteiger partial charge >= 0.3 is 0 Å². The van der Waals surface area contributed by atoms with E-state index >= 15 is 0 Å². The first-order valence-electron chi connectivity index (χ1n) is 4.44. The standard InChI is InChI=1S/C10H9NO3S/c12-8-4-2-1-3-7(8)9(13)10-11-14-5-6-15-10/h1-4,12H,5-6H2. The number of carbonyl (C=O) groups is 1. The molecular formula is C10H9NO3S. The molecular weight excluding hydrogens is 214 g/mol. The molecule has 1 N–H and O–H groups in total. The molecule has 1 aliphatic rings. The van der Waals surface area contributed by atoms with Gasteiger partial charge in [-0.2, -0.15) is 0 Å². The lowest BCUT2D eigenvalue weighted by molar-refractivity contribution is 0.105. The van der Waals surface area contributed by atoms with E-state index in [1.807, 2.05) is 0 Å². The predicted molar refractivity (Wildman–Crippen MR) is 58.3 cm³/mol. The van der Waals surface area contributed by atoms with E-state index in [9.17, 15) is 9.90 Å². The Morgan fingerprint density at radius 1 is 1.47 bits per heavy atom. The number of oxime groups is 1. The summed E-state index contributed by atoms with van der Waals surface area (Å²) in [7, 11) is 0. The van der Waals surface area contributed by atoms with E-state index in [2.05, 4.69) is 5.16 Å². The number of rotatable bonds is 2. The minimum atomic E-state index is -0.294. The summed E-state index contributed by atoms with van der Waals surface area (Å²) < 4.78 is 0. The van der Waals surface area contributed by atoms with Crippen molar-refractivity contribution in [1.82, 2.24) is 0 Å². The molecule has 15 heavy (non-hydrogen) atoms. The summed E-state index contributed by atoms with van der Waals surface area (Å²) in [5, 5.41) is 13.4. The smallest absolute Gasteiger partial charge is 0.225 e. The number of nitrogens with zero attached hydrogens (tertiary/aromatic N) is 1. The second-order valence-electron chi connectivity index (χ2n) is 2.92. The molecule has 0 saturated carbocycles. The maximum Gasteiger partial charge on any atom is 0.225 e. The number of thioether (sulfide) groups is 1. The van der Waals surface area contributed by atoms with Crippen LogP contribution in [0, 0.1) is 0 Å². The number of ketones is 1. The molecule has 0 amide bonds. The highest BCUT2D eigenvalue weighted by molar-refractivity contribution is 8.15. The van der Waals surface area contributed by atoms with E-state index in [0.29, 0.717) is 17.4 Å². The first-order chi connectivity index (χ1) is 7.29. The van der Waals surface area contributed by atoms with Crippen LogP contribution in [0.5, 0.6) is 5.75 Å². The Labute approximate surface area is 90.9 Å². The average molecular weight is 223 g/mol. The van der Waals surface area contributed by atoms with Crippen molar-refractivity contribution < 1.29 is 14.7 Å². The van der Waals surface area contributed by atoms with Gasteiger partial charge in [0.15, 0.2) is 5.04 Å². The minimum absolute atomic E-state index is 0.0311. The first-order valence-corrected chi connectivity index (χ1v) is 5.43. The van der Waals surface area contributed by atoms with Crippen molar-refractivity contribution in [3.63, 3.8) is 0 Å². The van der Waals surface area contributed by atoms with E-state index < -0.39 is 0 Å². The Kier molecular flexibility index (Phi) is 2.91. The van der Waals surface area contributed by atoms with Gasteiger partial charge in [0.2, 0.25) is 5.78 Å². The summed E-state index contributed by atoms with van der Waals surface area (Å²) >= 11 is 1.34. The molecule has 78 valence electrons. The van der Waals surface area contributed by atoms with Gasteiger partial charge in [-0.3, -0.25) is 4.79 Å². The normalized spacial score (nSPS) is 15.3. The Balaban J connectivity index is 2.28. The van der Waals surface area contributed by atoms with Crippen molar-refractivity contribution in [3.05, 3.63) is 29.8 Å². The van der Waals surface area contributed by atoms with Crippen LogP contribution in [0.1, 0.15) is 10.4 Å². The highest BCUT2D eigenvalue weighted by Crippen LogP contribution is 2.21. The monoisotopic (exact) mass is 223 g/mol. The van der Waals surface area contributed by atoms with Gasteiger partial charge in [0.25, 0.3) is 0 Å². The van der Waals surface area contributed by atoms with Crippen molar-refractivity contribution in [2.75, 3.05) is 12.4 Å². The zero-order valence-electron chi connectivity index (χ0n) is 7.84. The van der Waals surface area contributed by atoms with Gasteiger partial charge in [0.05, 0.1) is 5.56 Å². The van der Waals surface area contributed by atoms with Crippen LogP contribution < -0.4 is 0 Å². The van der Waals surface area contributed by atoms with Crippen LogP contribution in [0.25, 0.3) is 0 Å². The largest absolute Gasteiger partial charge is 0.507 e. The molecule has 4 nitrogen and oxygen atoms in total. The van der Waals surface area contributed by atoms with Gasteiger partial charge in [-0.15, -0.1) is 0 Å². The first kappa shape index (κ1) is 10.0. The van der Waals surface area contributed by atoms with E-state index in [0.717, 1.165) is 0 Å². The molecule has 1 heterocycles. The van der Waals surface area contributed by atoms with Gasteiger partial charge < -0.3 is 9.94 Å². The third-order valence-corrected chi connectivity index (χ3v) is 2.81. The van der Waals surface area contributed by atoms with E-state index in [-0.39, 0.29) is 17.1 Å². The van der Waals surface area contributed by atoms with Crippen molar-refractivity contribution in [1.29, 1.82) is 0 Å². The lowest BCUT2D eigenvalue weighted by Crippen LogP contribution is -2.16. The number of carbonyl (C=O) groups excluding carboxylic acids is 1. The highest BCUT2D eigenvalue weighted by Gasteiger charge is 2.20. The topological polar surface area (TPSA) is 58.9 Å². The third kappa shape index (κ3) is 2.12. The fraction of sp³-hybridized carbons (Fsp3) is 0.200.